The molecule has 4 aromatic rings. The molecule has 0 N–H and O–H groups in total. The molecule has 2 heterocycles. The molecular weight excluding hydrogens is 389 g/mol. The number of oxazole rings is 1. The Kier molecular flexibility index (Phi) is 4.53. The molecule has 0 spiro atoms. The second-order valence-corrected chi connectivity index (χ2v) is 6.20. The molecule has 0 aliphatic heterocycles. The lowest BCUT2D eigenvalue weighted by molar-refractivity contribution is -0.274. The Bertz CT molecular complexity index is 1230. The minimum atomic E-state index is -4.75. The van der Waals surface area contributed by atoms with Crippen LogP contribution in [0.3, 0.4) is 0 Å². The number of aryl methyl sites for hydroxylation is 1. The number of nitrogens with zero attached hydrogens (tertiary/aromatic N) is 4. The first-order valence-corrected chi connectivity index (χ1v) is 8.43. The normalized spacial score (nSPS) is 11.7. The van der Waals surface area contributed by atoms with Crippen molar-refractivity contribution < 1.29 is 22.3 Å². The van der Waals surface area contributed by atoms with Gasteiger partial charge in [-0.25, -0.2) is 9.67 Å². The number of halogens is 3. The first-order valence-electron chi connectivity index (χ1n) is 8.43. The fraction of sp³-hybridized carbons (Fsp3) is 0.158. The van der Waals surface area contributed by atoms with Gasteiger partial charge in [-0.1, -0.05) is 23.4 Å². The molecule has 0 atom stereocenters. The molecule has 0 unspecified atom stereocenters. The monoisotopic (exact) mass is 402 g/mol. The zero-order chi connectivity index (χ0) is 20.6. The summed E-state index contributed by atoms with van der Waals surface area (Å²) in [6, 6.07) is 10.3. The molecule has 0 radical (unpaired) electrons. The van der Waals surface area contributed by atoms with Crippen molar-refractivity contribution in [2.75, 3.05) is 0 Å². The second kappa shape index (κ2) is 7.04. The van der Waals surface area contributed by atoms with Crippen LogP contribution in [0.5, 0.6) is 5.75 Å². The summed E-state index contributed by atoms with van der Waals surface area (Å²) in [4.78, 5) is 16.8. The SMILES string of the molecule is Cc1ncc(Cn2nnc3ccc(-c4ccc(OC(F)(F)F)cc4)cc3c2=O)o1. The van der Waals surface area contributed by atoms with E-state index >= 15 is 0 Å². The molecule has 0 saturated heterocycles. The highest BCUT2D eigenvalue weighted by molar-refractivity contribution is 5.83. The van der Waals surface area contributed by atoms with Crippen LogP contribution >= 0.6 is 0 Å². The molecule has 148 valence electrons. The minimum absolute atomic E-state index is 0.0797. The Hall–Kier alpha value is -3.69. The summed E-state index contributed by atoms with van der Waals surface area (Å²) >= 11 is 0. The van der Waals surface area contributed by atoms with E-state index in [4.69, 9.17) is 4.42 Å². The van der Waals surface area contributed by atoms with Crippen molar-refractivity contribution >= 4 is 10.9 Å². The van der Waals surface area contributed by atoms with E-state index in [2.05, 4.69) is 20.0 Å². The third-order valence-electron chi connectivity index (χ3n) is 4.12. The Balaban J connectivity index is 1.67. The summed E-state index contributed by atoms with van der Waals surface area (Å²) in [6.45, 7) is 1.77. The van der Waals surface area contributed by atoms with Gasteiger partial charge in [-0.3, -0.25) is 4.79 Å². The zero-order valence-corrected chi connectivity index (χ0v) is 15.0. The van der Waals surface area contributed by atoms with Crippen LogP contribution in [0.2, 0.25) is 0 Å². The smallest absolute Gasteiger partial charge is 0.444 e. The molecule has 0 fully saturated rings. The number of alkyl halides is 3. The van der Waals surface area contributed by atoms with Crippen LogP contribution < -0.4 is 10.3 Å². The van der Waals surface area contributed by atoms with Crippen molar-refractivity contribution in [3.05, 3.63) is 70.7 Å². The van der Waals surface area contributed by atoms with Gasteiger partial charge in [0.1, 0.15) is 23.6 Å². The highest BCUT2D eigenvalue weighted by atomic mass is 19.4. The van der Waals surface area contributed by atoms with Gasteiger partial charge >= 0.3 is 6.36 Å². The summed E-state index contributed by atoms with van der Waals surface area (Å²) in [6.07, 6.45) is -3.25. The molecular formula is C19H13F3N4O3. The Morgan fingerprint density at radius 1 is 1.10 bits per heavy atom. The van der Waals surface area contributed by atoms with Crippen molar-refractivity contribution in [3.63, 3.8) is 0 Å². The zero-order valence-electron chi connectivity index (χ0n) is 15.0. The quantitative estimate of drug-likeness (QED) is 0.518. The molecule has 4 rings (SSSR count). The van der Waals surface area contributed by atoms with E-state index in [1.165, 1.54) is 30.5 Å². The third-order valence-corrected chi connectivity index (χ3v) is 4.12. The first kappa shape index (κ1) is 18.7. The van der Waals surface area contributed by atoms with Crippen molar-refractivity contribution in [1.29, 1.82) is 0 Å². The number of rotatable bonds is 4. The molecule has 29 heavy (non-hydrogen) atoms. The summed E-state index contributed by atoms with van der Waals surface area (Å²) in [5, 5.41) is 8.27. The van der Waals surface area contributed by atoms with Crippen LogP contribution in [0.15, 0.2) is 57.9 Å². The largest absolute Gasteiger partial charge is 0.573 e. The predicted octanol–water partition coefficient (Wildman–Crippen LogP) is 3.70. The number of hydrogen-bond acceptors (Lipinski definition) is 6. The highest BCUT2D eigenvalue weighted by Gasteiger charge is 2.30. The maximum absolute atomic E-state index is 12.8. The standard InChI is InChI=1S/C19H13F3N4O3/c1-11-23-9-15(28-11)10-26-18(27)16-8-13(4-7-17(16)24-25-26)12-2-5-14(6-3-12)29-19(20,21)22/h2-9H,10H2,1H3. The van der Waals surface area contributed by atoms with E-state index in [0.29, 0.717) is 33.7 Å². The van der Waals surface area contributed by atoms with Crippen molar-refractivity contribution in [2.24, 2.45) is 0 Å². The fourth-order valence-electron chi connectivity index (χ4n) is 2.83. The lowest BCUT2D eigenvalue weighted by Crippen LogP contribution is -2.24. The molecule has 0 aliphatic carbocycles. The van der Waals surface area contributed by atoms with Crippen LogP contribution in [0.25, 0.3) is 22.0 Å². The van der Waals surface area contributed by atoms with E-state index in [9.17, 15) is 18.0 Å². The summed E-state index contributed by atoms with van der Waals surface area (Å²) in [5.74, 6) is 0.620. The number of fused-ring (bicyclic) bond motifs is 1. The number of aromatic nitrogens is 4. The first-order chi connectivity index (χ1) is 13.8. The fourth-order valence-corrected chi connectivity index (χ4v) is 2.83. The minimum Gasteiger partial charge on any atom is -0.444 e. The van der Waals surface area contributed by atoms with Gasteiger partial charge in [0, 0.05) is 6.92 Å². The predicted molar refractivity (Wildman–Crippen MR) is 96.3 cm³/mol. The number of benzene rings is 2. The average Bonchev–Trinajstić information content (AvgIpc) is 3.08. The molecule has 10 heteroatoms. The lowest BCUT2D eigenvalue weighted by atomic mass is 10.0. The van der Waals surface area contributed by atoms with Crippen LogP contribution in [-0.4, -0.2) is 26.3 Å². The molecule has 7 nitrogen and oxygen atoms in total. The van der Waals surface area contributed by atoms with Gasteiger partial charge in [0.15, 0.2) is 5.89 Å². The van der Waals surface area contributed by atoms with E-state index in [-0.39, 0.29) is 17.9 Å². The second-order valence-electron chi connectivity index (χ2n) is 6.20. The average molecular weight is 402 g/mol. The summed E-state index contributed by atoms with van der Waals surface area (Å²) in [7, 11) is 0. The van der Waals surface area contributed by atoms with Crippen molar-refractivity contribution in [1.82, 2.24) is 20.0 Å². The molecule has 0 aliphatic rings. The lowest BCUT2D eigenvalue weighted by Gasteiger charge is -2.09. The Morgan fingerprint density at radius 3 is 2.48 bits per heavy atom. The molecule has 0 bridgehead atoms. The van der Waals surface area contributed by atoms with Gasteiger partial charge < -0.3 is 9.15 Å². The van der Waals surface area contributed by atoms with Gasteiger partial charge in [0.05, 0.1) is 11.6 Å². The van der Waals surface area contributed by atoms with Gasteiger partial charge in [-0.2, -0.15) is 0 Å². The van der Waals surface area contributed by atoms with Gasteiger partial charge in [-0.05, 0) is 35.4 Å². The van der Waals surface area contributed by atoms with E-state index in [1.54, 1.807) is 25.1 Å². The van der Waals surface area contributed by atoms with Crippen LogP contribution in [-0.2, 0) is 6.54 Å². The number of ether oxygens (including phenoxy) is 1. The Labute approximate surface area is 161 Å². The third kappa shape index (κ3) is 4.10. The van der Waals surface area contributed by atoms with Crippen LogP contribution in [0.4, 0.5) is 13.2 Å². The van der Waals surface area contributed by atoms with Gasteiger partial charge in [-0.15, -0.1) is 18.3 Å². The van der Waals surface area contributed by atoms with Gasteiger partial charge in [0.2, 0.25) is 0 Å². The van der Waals surface area contributed by atoms with E-state index in [0.717, 1.165) is 4.68 Å². The molecule has 2 aromatic carbocycles. The van der Waals surface area contributed by atoms with Crippen molar-refractivity contribution in [3.8, 4) is 16.9 Å². The van der Waals surface area contributed by atoms with Crippen LogP contribution in [0, 0.1) is 6.92 Å². The summed E-state index contributed by atoms with van der Waals surface area (Å²) < 4.78 is 47.3. The molecule has 0 saturated carbocycles. The van der Waals surface area contributed by atoms with Gasteiger partial charge in [0.25, 0.3) is 5.56 Å². The topological polar surface area (TPSA) is 83.0 Å². The number of hydrogen-bond donors (Lipinski definition) is 0. The van der Waals surface area contributed by atoms with E-state index in [1.807, 2.05) is 0 Å². The molecule has 2 aromatic heterocycles. The van der Waals surface area contributed by atoms with E-state index < -0.39 is 6.36 Å². The maximum atomic E-state index is 12.8. The van der Waals surface area contributed by atoms with Crippen molar-refractivity contribution in [2.45, 2.75) is 19.8 Å². The van der Waals surface area contributed by atoms with Crippen LogP contribution in [0.1, 0.15) is 11.7 Å². The molecule has 0 amide bonds. The highest BCUT2D eigenvalue weighted by Crippen LogP contribution is 2.27. The Morgan fingerprint density at radius 2 is 1.83 bits per heavy atom. The maximum Gasteiger partial charge on any atom is 0.573 e. The summed E-state index contributed by atoms with van der Waals surface area (Å²) in [5.41, 5.74) is 1.29.